The molecule has 1 amide bonds. The van der Waals surface area contributed by atoms with Gasteiger partial charge in [-0.2, -0.15) is 0 Å². The maximum Gasteiger partial charge on any atom is 0.229 e. The first-order valence-corrected chi connectivity index (χ1v) is 13.3. The van der Waals surface area contributed by atoms with Gasteiger partial charge in [0, 0.05) is 22.3 Å². The summed E-state index contributed by atoms with van der Waals surface area (Å²) in [7, 11) is 0. The highest BCUT2D eigenvalue weighted by molar-refractivity contribution is 6.36. The van der Waals surface area contributed by atoms with Gasteiger partial charge in [0.25, 0.3) is 0 Å². The molecule has 2 aromatic carbocycles. The monoisotopic (exact) mass is 520 g/mol. The third-order valence-corrected chi connectivity index (χ3v) is 7.78. The molecule has 0 bridgehead atoms. The van der Waals surface area contributed by atoms with Crippen LogP contribution < -0.4 is 10.2 Å². The molecule has 2 unspecified atom stereocenters. The van der Waals surface area contributed by atoms with E-state index in [2.05, 4.69) is 23.2 Å². The predicted octanol–water partition coefficient (Wildman–Crippen LogP) is 8.20. The molecular formula is C30H30Cl2N2O2. The van der Waals surface area contributed by atoms with Gasteiger partial charge in [-0.25, -0.2) is 0 Å². The highest BCUT2D eigenvalue weighted by atomic mass is 35.5. The van der Waals surface area contributed by atoms with Crippen LogP contribution in [-0.4, -0.2) is 11.9 Å². The van der Waals surface area contributed by atoms with E-state index in [-0.39, 0.29) is 23.9 Å². The lowest BCUT2D eigenvalue weighted by molar-refractivity contribution is -0.125. The summed E-state index contributed by atoms with van der Waals surface area (Å²) in [5.74, 6) is -0.209. The minimum Gasteiger partial charge on any atom is -0.472 e. The number of carbonyl (C=O) groups excluding carboxylic acids is 1. The van der Waals surface area contributed by atoms with Crippen molar-refractivity contribution < 1.29 is 9.21 Å². The quantitative estimate of drug-likeness (QED) is 0.356. The lowest BCUT2D eigenvalue weighted by atomic mass is 9.83. The van der Waals surface area contributed by atoms with E-state index in [1.54, 1.807) is 18.6 Å². The summed E-state index contributed by atoms with van der Waals surface area (Å²) >= 11 is 13.0. The van der Waals surface area contributed by atoms with Gasteiger partial charge < -0.3 is 14.6 Å². The molecular weight excluding hydrogens is 491 g/mol. The third-order valence-electron chi connectivity index (χ3n) is 7.25. The van der Waals surface area contributed by atoms with Gasteiger partial charge >= 0.3 is 0 Å². The minimum atomic E-state index is -0.268. The van der Waals surface area contributed by atoms with Crippen molar-refractivity contribution >= 4 is 40.9 Å². The Morgan fingerprint density at radius 1 is 1.17 bits per heavy atom. The van der Waals surface area contributed by atoms with Crippen molar-refractivity contribution in [3.05, 3.63) is 105 Å². The fourth-order valence-corrected chi connectivity index (χ4v) is 6.13. The average molecular weight is 521 g/mol. The van der Waals surface area contributed by atoms with Crippen molar-refractivity contribution in [2.75, 3.05) is 4.90 Å². The summed E-state index contributed by atoms with van der Waals surface area (Å²) in [6.45, 7) is 4.18. The van der Waals surface area contributed by atoms with E-state index < -0.39 is 0 Å². The van der Waals surface area contributed by atoms with E-state index >= 15 is 0 Å². The van der Waals surface area contributed by atoms with E-state index in [1.165, 1.54) is 11.1 Å². The van der Waals surface area contributed by atoms with Crippen molar-refractivity contribution in [2.24, 2.45) is 5.92 Å². The van der Waals surface area contributed by atoms with Crippen molar-refractivity contribution in [3.63, 3.8) is 0 Å². The Morgan fingerprint density at radius 3 is 2.67 bits per heavy atom. The number of hydrogen-bond acceptors (Lipinski definition) is 3. The van der Waals surface area contributed by atoms with Crippen molar-refractivity contribution in [3.8, 4) is 0 Å². The first kappa shape index (κ1) is 24.7. The Hall–Kier alpha value is -2.95. The number of nitrogens with zero attached hydrogens (tertiary/aromatic N) is 1. The van der Waals surface area contributed by atoms with Gasteiger partial charge in [-0.1, -0.05) is 60.5 Å². The molecule has 0 spiro atoms. The number of benzene rings is 2. The van der Waals surface area contributed by atoms with Crippen LogP contribution in [-0.2, 0) is 4.79 Å². The zero-order chi connectivity index (χ0) is 25.2. The molecule has 1 N–H and O–H groups in total. The van der Waals surface area contributed by atoms with E-state index in [0.29, 0.717) is 10.0 Å². The number of hydrogen-bond donors (Lipinski definition) is 1. The number of nitrogens with one attached hydrogen (secondary N) is 1. The summed E-state index contributed by atoms with van der Waals surface area (Å²) < 4.78 is 5.32. The van der Waals surface area contributed by atoms with Crippen molar-refractivity contribution in [1.82, 2.24) is 5.32 Å². The van der Waals surface area contributed by atoms with Crippen LogP contribution in [0.4, 0.5) is 5.69 Å². The van der Waals surface area contributed by atoms with Crippen LogP contribution >= 0.6 is 23.2 Å². The zero-order valence-electron chi connectivity index (χ0n) is 20.5. The number of rotatable bonds is 6. The second kappa shape index (κ2) is 10.6. The Morgan fingerprint density at radius 2 is 1.97 bits per heavy atom. The lowest BCUT2D eigenvalue weighted by Gasteiger charge is -2.33. The fraction of sp³-hybridized carbons (Fsp3) is 0.300. The van der Waals surface area contributed by atoms with Gasteiger partial charge in [0.15, 0.2) is 0 Å². The molecule has 1 aromatic heterocycles. The molecule has 3 aromatic rings. The first-order valence-electron chi connectivity index (χ1n) is 12.5. The Labute approximate surface area is 222 Å². The maximum atomic E-state index is 13.9. The molecule has 0 radical (unpaired) electrons. The molecule has 2 aliphatic rings. The number of carbonyl (C=O) groups is 1. The molecule has 0 fully saturated rings. The molecule has 5 rings (SSSR count). The summed E-state index contributed by atoms with van der Waals surface area (Å²) in [4.78, 5) is 16.2. The fourth-order valence-electron chi connectivity index (χ4n) is 5.63. The molecule has 36 heavy (non-hydrogen) atoms. The molecule has 3 atom stereocenters. The second-order valence-corrected chi connectivity index (χ2v) is 10.4. The SMILES string of the molecule is CCC1C(C(=O)N[C@@H](C)c2ccccc2)C2=C(/C(=C/c3ccoc3)CCC2)N1c1ccc(Cl)cc1Cl. The molecule has 6 heteroatoms. The Bertz CT molecular complexity index is 1300. The van der Waals surface area contributed by atoms with Crippen LogP contribution in [0, 0.1) is 5.92 Å². The highest BCUT2D eigenvalue weighted by Gasteiger charge is 2.46. The van der Waals surface area contributed by atoms with Gasteiger partial charge in [0.2, 0.25) is 5.91 Å². The summed E-state index contributed by atoms with van der Waals surface area (Å²) in [5, 5.41) is 4.48. The predicted molar refractivity (Wildman–Crippen MR) is 147 cm³/mol. The van der Waals surface area contributed by atoms with Gasteiger partial charge in [-0.05, 0) is 79.7 Å². The number of allylic oxidation sites excluding steroid dienone is 1. The van der Waals surface area contributed by atoms with E-state index in [1.807, 2.05) is 55.5 Å². The number of halogens is 2. The summed E-state index contributed by atoms with van der Waals surface area (Å²) in [6.07, 6.45) is 9.21. The molecule has 186 valence electrons. The topological polar surface area (TPSA) is 45.5 Å². The highest BCUT2D eigenvalue weighted by Crippen LogP contribution is 2.50. The molecule has 4 nitrogen and oxygen atoms in total. The largest absolute Gasteiger partial charge is 0.472 e. The second-order valence-electron chi connectivity index (χ2n) is 9.51. The van der Waals surface area contributed by atoms with Crippen LogP contribution in [0.25, 0.3) is 6.08 Å². The van der Waals surface area contributed by atoms with Crippen LogP contribution in [0.15, 0.2) is 88.4 Å². The van der Waals surface area contributed by atoms with E-state index in [0.717, 1.165) is 48.2 Å². The van der Waals surface area contributed by atoms with Crippen molar-refractivity contribution in [1.29, 1.82) is 0 Å². The lowest BCUT2D eigenvalue weighted by Crippen LogP contribution is -2.42. The average Bonchev–Trinajstić information content (AvgIpc) is 3.50. The minimum absolute atomic E-state index is 0.0532. The van der Waals surface area contributed by atoms with Crippen molar-refractivity contribution in [2.45, 2.75) is 51.6 Å². The molecule has 2 heterocycles. The van der Waals surface area contributed by atoms with Crippen LogP contribution in [0.3, 0.4) is 0 Å². The van der Waals surface area contributed by atoms with E-state index in [9.17, 15) is 4.79 Å². The van der Waals surface area contributed by atoms with E-state index in [4.69, 9.17) is 27.6 Å². The maximum absolute atomic E-state index is 13.9. The third kappa shape index (κ3) is 4.72. The number of anilines is 1. The van der Waals surface area contributed by atoms with Crippen LogP contribution in [0.5, 0.6) is 0 Å². The summed E-state index contributed by atoms with van der Waals surface area (Å²) in [5.41, 5.74) is 6.49. The number of amides is 1. The number of furan rings is 1. The standard InChI is InChI=1S/C30H30Cl2N2O2/c1-3-26-28(30(35)33-19(2)21-8-5-4-6-9-21)24-11-7-10-22(16-20-14-15-36-18-20)29(24)34(26)27-13-12-23(31)17-25(27)32/h4-6,8-9,12-19,26,28H,3,7,10-11H2,1-2H3,(H,33,35)/b22-16+/t19-,26?,28?/m0/s1. The van der Waals surface area contributed by atoms with Gasteiger partial charge in [0.05, 0.1) is 35.2 Å². The molecule has 1 aliphatic carbocycles. The van der Waals surface area contributed by atoms with Gasteiger partial charge in [-0.15, -0.1) is 0 Å². The summed E-state index contributed by atoms with van der Waals surface area (Å²) in [6, 6.07) is 17.5. The molecule has 0 saturated heterocycles. The molecule has 1 aliphatic heterocycles. The zero-order valence-corrected chi connectivity index (χ0v) is 22.0. The van der Waals surface area contributed by atoms with Gasteiger partial charge in [0.1, 0.15) is 0 Å². The van der Waals surface area contributed by atoms with Crippen LogP contribution in [0.1, 0.15) is 56.7 Å². The Balaban J connectivity index is 1.59. The van der Waals surface area contributed by atoms with Crippen LogP contribution in [0.2, 0.25) is 10.0 Å². The Kier molecular flexibility index (Phi) is 7.27. The molecule has 0 saturated carbocycles. The van der Waals surface area contributed by atoms with Gasteiger partial charge in [-0.3, -0.25) is 4.79 Å². The first-order chi connectivity index (χ1) is 17.5. The normalized spacial score (nSPS) is 21.6. The smallest absolute Gasteiger partial charge is 0.229 e.